The molecule has 1 aliphatic heterocycles. The van der Waals surface area contributed by atoms with E-state index < -0.39 is 5.60 Å². The highest BCUT2D eigenvalue weighted by Gasteiger charge is 2.26. The molecule has 1 rings (SSSR count). The molecule has 1 heterocycles. The van der Waals surface area contributed by atoms with E-state index in [1.54, 1.807) is 0 Å². The molecule has 0 radical (unpaired) electrons. The third-order valence-corrected chi connectivity index (χ3v) is 2.41. The van der Waals surface area contributed by atoms with Gasteiger partial charge in [0.2, 0.25) is 0 Å². The number of aliphatic hydroxyl groups is 1. The zero-order valence-electron chi connectivity index (χ0n) is 8.05. The Morgan fingerprint density at radius 2 is 2.00 bits per heavy atom. The van der Waals surface area contributed by atoms with Crippen LogP contribution in [0.1, 0.15) is 26.7 Å². The summed E-state index contributed by atoms with van der Waals surface area (Å²) in [5.41, 5.74) is -0.442. The van der Waals surface area contributed by atoms with Crippen LogP contribution in [0, 0.1) is 0 Å². The Kier molecular flexibility index (Phi) is 3.50. The molecule has 0 unspecified atom stereocenters. The first kappa shape index (κ1) is 9.96. The van der Waals surface area contributed by atoms with Crippen molar-refractivity contribution in [2.45, 2.75) is 32.3 Å². The lowest BCUT2D eigenvalue weighted by molar-refractivity contribution is -0.0430. The van der Waals surface area contributed by atoms with Gasteiger partial charge in [0.05, 0.1) is 12.3 Å². The van der Waals surface area contributed by atoms with E-state index in [9.17, 15) is 5.11 Å². The molecule has 0 atom stereocenters. The van der Waals surface area contributed by atoms with E-state index in [4.69, 9.17) is 4.74 Å². The van der Waals surface area contributed by atoms with Crippen molar-refractivity contribution >= 4 is 0 Å². The van der Waals surface area contributed by atoms with Gasteiger partial charge in [0.15, 0.2) is 0 Å². The Balaban J connectivity index is 2.18. The second kappa shape index (κ2) is 4.21. The van der Waals surface area contributed by atoms with Crippen molar-refractivity contribution in [3.8, 4) is 0 Å². The predicted octanol–water partition coefficient (Wildman–Crippen LogP) is 0.827. The van der Waals surface area contributed by atoms with Crippen LogP contribution in [0.15, 0.2) is 0 Å². The Morgan fingerprint density at radius 1 is 1.42 bits per heavy atom. The van der Waals surface area contributed by atoms with Crippen molar-refractivity contribution in [2.75, 3.05) is 26.4 Å². The summed E-state index contributed by atoms with van der Waals surface area (Å²) in [6, 6.07) is 0. The predicted molar refractivity (Wildman–Crippen MR) is 47.9 cm³/mol. The van der Waals surface area contributed by atoms with Gasteiger partial charge < -0.3 is 9.84 Å². The van der Waals surface area contributed by atoms with Crippen LogP contribution in [0.4, 0.5) is 0 Å². The van der Waals surface area contributed by atoms with E-state index in [2.05, 4.69) is 4.90 Å². The van der Waals surface area contributed by atoms with Crippen LogP contribution in [-0.2, 0) is 4.74 Å². The number of rotatable bonds is 3. The molecule has 0 aromatic carbocycles. The third-order valence-electron chi connectivity index (χ3n) is 2.41. The van der Waals surface area contributed by atoms with Gasteiger partial charge in [0, 0.05) is 19.7 Å². The molecule has 3 nitrogen and oxygen atoms in total. The van der Waals surface area contributed by atoms with Gasteiger partial charge in [0.1, 0.15) is 0 Å². The zero-order valence-corrected chi connectivity index (χ0v) is 8.05. The highest BCUT2D eigenvalue weighted by molar-refractivity contribution is 4.80. The Labute approximate surface area is 74.3 Å². The van der Waals surface area contributed by atoms with E-state index in [0.29, 0.717) is 6.73 Å². The van der Waals surface area contributed by atoms with Crippen LogP contribution < -0.4 is 0 Å². The molecule has 0 aromatic heterocycles. The molecule has 0 amide bonds. The smallest absolute Gasteiger partial charge is 0.0990 e. The Morgan fingerprint density at radius 3 is 2.50 bits per heavy atom. The van der Waals surface area contributed by atoms with Crippen LogP contribution >= 0.6 is 0 Å². The summed E-state index contributed by atoms with van der Waals surface area (Å²) in [7, 11) is 0. The van der Waals surface area contributed by atoms with Crippen molar-refractivity contribution in [3.63, 3.8) is 0 Å². The lowest BCUT2D eigenvalue weighted by atomic mass is 9.94. The van der Waals surface area contributed by atoms with E-state index >= 15 is 0 Å². The molecule has 12 heavy (non-hydrogen) atoms. The van der Waals surface area contributed by atoms with Gasteiger partial charge in [0.25, 0.3) is 0 Å². The zero-order chi connectivity index (χ0) is 9.03. The maximum absolute atomic E-state index is 9.65. The second-order valence-electron chi connectivity index (χ2n) is 3.74. The van der Waals surface area contributed by atoms with Crippen LogP contribution in [0.5, 0.6) is 0 Å². The Bertz CT molecular complexity index is 126. The van der Waals surface area contributed by atoms with Gasteiger partial charge in [-0.1, -0.05) is 0 Å². The first-order chi connectivity index (χ1) is 5.64. The van der Waals surface area contributed by atoms with E-state index in [-0.39, 0.29) is 0 Å². The summed E-state index contributed by atoms with van der Waals surface area (Å²) in [6.45, 7) is 7.30. The monoisotopic (exact) mass is 173 g/mol. The molecule has 0 bridgehead atoms. The topological polar surface area (TPSA) is 32.7 Å². The summed E-state index contributed by atoms with van der Waals surface area (Å²) in [6.07, 6.45) is 1.72. The first-order valence-electron chi connectivity index (χ1n) is 4.66. The number of likely N-dealkylation sites (tertiary alicyclic amines) is 1. The third kappa shape index (κ3) is 3.09. The summed E-state index contributed by atoms with van der Waals surface area (Å²) in [5, 5.41) is 9.65. The standard InChI is InChI=1S/C9H19NO2/c1-3-12-8-10-6-4-9(2,11)5-7-10/h11H,3-8H2,1-2H3. The second-order valence-corrected chi connectivity index (χ2v) is 3.74. The van der Waals surface area contributed by atoms with E-state index in [0.717, 1.165) is 32.5 Å². The molecule has 1 fully saturated rings. The maximum atomic E-state index is 9.65. The lowest BCUT2D eigenvalue weighted by Gasteiger charge is -2.35. The normalized spacial score (nSPS) is 24.2. The number of ether oxygens (including phenoxy) is 1. The fourth-order valence-electron chi connectivity index (χ4n) is 1.38. The fraction of sp³-hybridized carbons (Fsp3) is 1.00. The van der Waals surface area contributed by atoms with Gasteiger partial charge in [-0.3, -0.25) is 4.90 Å². The average Bonchev–Trinajstić information content (AvgIpc) is 2.03. The van der Waals surface area contributed by atoms with Gasteiger partial charge in [-0.2, -0.15) is 0 Å². The number of piperidine rings is 1. The van der Waals surface area contributed by atoms with Gasteiger partial charge in [-0.25, -0.2) is 0 Å². The van der Waals surface area contributed by atoms with Crippen LogP contribution in [0.2, 0.25) is 0 Å². The highest BCUT2D eigenvalue weighted by Crippen LogP contribution is 2.20. The van der Waals surface area contributed by atoms with Crippen molar-refractivity contribution in [2.24, 2.45) is 0 Å². The SMILES string of the molecule is CCOCN1CCC(C)(O)CC1. The van der Waals surface area contributed by atoms with Crippen LogP contribution in [0.25, 0.3) is 0 Å². The average molecular weight is 173 g/mol. The minimum Gasteiger partial charge on any atom is -0.390 e. The summed E-state index contributed by atoms with van der Waals surface area (Å²) in [4.78, 5) is 2.24. The van der Waals surface area contributed by atoms with Crippen LogP contribution in [0.3, 0.4) is 0 Å². The molecule has 72 valence electrons. The summed E-state index contributed by atoms with van der Waals surface area (Å²) >= 11 is 0. The summed E-state index contributed by atoms with van der Waals surface area (Å²) < 4.78 is 5.29. The van der Waals surface area contributed by atoms with E-state index in [1.165, 1.54) is 0 Å². The number of hydrogen-bond acceptors (Lipinski definition) is 3. The number of hydrogen-bond donors (Lipinski definition) is 1. The molecule has 3 heteroatoms. The van der Waals surface area contributed by atoms with Crippen molar-refractivity contribution in [3.05, 3.63) is 0 Å². The molecule has 1 N–H and O–H groups in total. The van der Waals surface area contributed by atoms with Crippen LogP contribution in [-0.4, -0.2) is 42.0 Å². The van der Waals surface area contributed by atoms with E-state index in [1.807, 2.05) is 13.8 Å². The Hall–Kier alpha value is -0.120. The fourth-order valence-corrected chi connectivity index (χ4v) is 1.38. The first-order valence-corrected chi connectivity index (χ1v) is 4.66. The molecule has 0 spiro atoms. The number of nitrogens with zero attached hydrogens (tertiary/aromatic N) is 1. The molecule has 0 aliphatic carbocycles. The van der Waals surface area contributed by atoms with Crippen molar-refractivity contribution < 1.29 is 9.84 Å². The molecule has 1 saturated heterocycles. The molecular weight excluding hydrogens is 154 g/mol. The van der Waals surface area contributed by atoms with Gasteiger partial charge in [-0.15, -0.1) is 0 Å². The van der Waals surface area contributed by atoms with Crippen molar-refractivity contribution in [1.29, 1.82) is 0 Å². The van der Waals surface area contributed by atoms with Crippen molar-refractivity contribution in [1.82, 2.24) is 4.90 Å². The van der Waals surface area contributed by atoms with Gasteiger partial charge in [-0.05, 0) is 26.7 Å². The molecule has 0 aromatic rings. The lowest BCUT2D eigenvalue weighted by Crippen LogP contribution is -2.43. The molecule has 1 aliphatic rings. The molecular formula is C9H19NO2. The highest BCUT2D eigenvalue weighted by atomic mass is 16.5. The quantitative estimate of drug-likeness (QED) is 0.686. The minimum atomic E-state index is -0.442. The summed E-state index contributed by atoms with van der Waals surface area (Å²) in [5.74, 6) is 0. The molecule has 0 saturated carbocycles. The minimum absolute atomic E-state index is 0.442. The maximum Gasteiger partial charge on any atom is 0.0990 e. The largest absolute Gasteiger partial charge is 0.390 e. The van der Waals surface area contributed by atoms with Gasteiger partial charge >= 0.3 is 0 Å².